The van der Waals surface area contributed by atoms with Gasteiger partial charge in [-0.25, -0.2) is 4.98 Å². The van der Waals surface area contributed by atoms with Crippen molar-refractivity contribution in [2.24, 2.45) is 0 Å². The first-order valence-electron chi connectivity index (χ1n) is 9.90. The van der Waals surface area contributed by atoms with E-state index in [9.17, 15) is 4.79 Å². The maximum atomic E-state index is 12.1. The van der Waals surface area contributed by atoms with Crippen LogP contribution in [-0.2, 0) is 29.2 Å². The largest absolute Gasteiger partial charge is 0.492 e. The molecule has 1 atom stereocenters. The van der Waals surface area contributed by atoms with Crippen LogP contribution in [0.4, 0.5) is 0 Å². The Hall–Kier alpha value is -1.96. The fraction of sp³-hybridized carbons (Fsp3) is 0.524. The van der Waals surface area contributed by atoms with E-state index in [0.717, 1.165) is 62.7 Å². The van der Waals surface area contributed by atoms with E-state index in [1.165, 1.54) is 18.2 Å². The molecule has 1 aromatic heterocycles. The van der Waals surface area contributed by atoms with Crippen molar-refractivity contribution in [2.75, 3.05) is 26.8 Å². The van der Waals surface area contributed by atoms with Crippen LogP contribution in [0, 0.1) is 0 Å². The van der Waals surface area contributed by atoms with Crippen molar-refractivity contribution in [3.63, 3.8) is 0 Å². The van der Waals surface area contributed by atoms with Gasteiger partial charge in [-0.15, -0.1) is 11.3 Å². The predicted molar refractivity (Wildman–Crippen MR) is 108 cm³/mol. The number of likely N-dealkylation sites (tertiary alicyclic amines) is 1. The highest BCUT2D eigenvalue weighted by Gasteiger charge is 2.29. The zero-order chi connectivity index (χ0) is 19.3. The molecule has 0 amide bonds. The highest BCUT2D eigenvalue weighted by atomic mass is 32.1. The van der Waals surface area contributed by atoms with Crippen LogP contribution < -0.4 is 4.74 Å². The molecule has 0 spiro atoms. The van der Waals surface area contributed by atoms with Gasteiger partial charge in [0.2, 0.25) is 0 Å². The summed E-state index contributed by atoms with van der Waals surface area (Å²) in [5.41, 5.74) is 2.42. The fourth-order valence-corrected chi connectivity index (χ4v) is 4.73. The van der Waals surface area contributed by atoms with E-state index in [1.54, 1.807) is 11.3 Å². The molecule has 150 valence electrons. The molecule has 1 aromatic carbocycles. The van der Waals surface area contributed by atoms with Crippen molar-refractivity contribution in [3.8, 4) is 5.75 Å². The monoisotopic (exact) mass is 401 g/mol. The number of methoxy groups -OCH3 is 1. The number of nitrogens with zero attached hydrogens (tertiary/aromatic N) is 3. The van der Waals surface area contributed by atoms with Crippen molar-refractivity contribution in [1.29, 1.82) is 0 Å². The molecule has 4 rings (SSSR count). The van der Waals surface area contributed by atoms with E-state index in [0.29, 0.717) is 6.61 Å². The van der Waals surface area contributed by atoms with Gasteiger partial charge in [-0.1, -0.05) is 12.5 Å². The molecule has 1 unspecified atom stereocenters. The summed E-state index contributed by atoms with van der Waals surface area (Å²) in [6, 6.07) is 6.31. The summed E-state index contributed by atoms with van der Waals surface area (Å²) in [6.45, 7) is 4.97. The SMILES string of the molecule is COC(=O)C1CCCCN1Cc1ccc2c(c1)CN(Cc1nccs1)CCO2. The minimum Gasteiger partial charge on any atom is -0.492 e. The van der Waals surface area contributed by atoms with Crippen molar-refractivity contribution in [2.45, 2.75) is 44.9 Å². The highest BCUT2D eigenvalue weighted by Crippen LogP contribution is 2.27. The number of thiazole rings is 1. The lowest BCUT2D eigenvalue weighted by molar-refractivity contribution is -0.148. The number of hydrogen-bond donors (Lipinski definition) is 0. The normalized spacial score (nSPS) is 20.8. The quantitative estimate of drug-likeness (QED) is 0.718. The molecule has 6 nitrogen and oxygen atoms in total. The van der Waals surface area contributed by atoms with Gasteiger partial charge in [-0.2, -0.15) is 0 Å². The lowest BCUT2D eigenvalue weighted by Crippen LogP contribution is -2.44. The van der Waals surface area contributed by atoms with Gasteiger partial charge in [-0.05, 0) is 37.1 Å². The summed E-state index contributed by atoms with van der Waals surface area (Å²) in [4.78, 5) is 21.2. The van der Waals surface area contributed by atoms with Crippen LogP contribution in [0.2, 0.25) is 0 Å². The number of rotatable bonds is 5. The summed E-state index contributed by atoms with van der Waals surface area (Å²) in [7, 11) is 1.48. The number of fused-ring (bicyclic) bond motifs is 1. The topological polar surface area (TPSA) is 54.9 Å². The molecule has 0 N–H and O–H groups in total. The maximum Gasteiger partial charge on any atom is 0.323 e. The molecule has 28 heavy (non-hydrogen) atoms. The van der Waals surface area contributed by atoms with Crippen LogP contribution in [0.3, 0.4) is 0 Å². The van der Waals surface area contributed by atoms with Gasteiger partial charge < -0.3 is 9.47 Å². The smallest absolute Gasteiger partial charge is 0.323 e. The Morgan fingerprint density at radius 1 is 1.32 bits per heavy atom. The Labute approximate surface area is 170 Å². The Balaban J connectivity index is 1.48. The molecule has 2 aromatic rings. The molecule has 0 aliphatic carbocycles. The minimum atomic E-state index is -0.129. The molecule has 2 aliphatic rings. The van der Waals surface area contributed by atoms with Gasteiger partial charge >= 0.3 is 5.97 Å². The van der Waals surface area contributed by atoms with Gasteiger partial charge in [-0.3, -0.25) is 14.6 Å². The zero-order valence-corrected chi connectivity index (χ0v) is 17.1. The van der Waals surface area contributed by atoms with Gasteiger partial charge in [0.05, 0.1) is 13.7 Å². The summed E-state index contributed by atoms with van der Waals surface area (Å²) >= 11 is 1.69. The van der Waals surface area contributed by atoms with Crippen LogP contribution in [0.15, 0.2) is 29.8 Å². The highest BCUT2D eigenvalue weighted by molar-refractivity contribution is 7.09. The molecular formula is C21H27N3O3S. The van der Waals surface area contributed by atoms with Crippen LogP contribution in [-0.4, -0.2) is 53.6 Å². The fourth-order valence-electron chi connectivity index (χ4n) is 4.08. The summed E-state index contributed by atoms with van der Waals surface area (Å²) in [5, 5.41) is 3.15. The molecule has 0 radical (unpaired) electrons. The average molecular weight is 402 g/mol. The summed E-state index contributed by atoms with van der Waals surface area (Å²) < 4.78 is 11.0. The van der Waals surface area contributed by atoms with Gasteiger partial charge in [0.25, 0.3) is 0 Å². The molecule has 1 saturated heterocycles. The van der Waals surface area contributed by atoms with E-state index in [1.807, 2.05) is 11.6 Å². The second kappa shape index (κ2) is 9.03. The predicted octanol–water partition coefficient (Wildman–Crippen LogP) is 3.07. The maximum absolute atomic E-state index is 12.1. The Morgan fingerprint density at radius 2 is 2.25 bits per heavy atom. The first kappa shape index (κ1) is 19.4. The van der Waals surface area contributed by atoms with Crippen molar-refractivity contribution >= 4 is 17.3 Å². The second-order valence-electron chi connectivity index (χ2n) is 7.43. The van der Waals surface area contributed by atoms with Crippen molar-refractivity contribution in [1.82, 2.24) is 14.8 Å². The minimum absolute atomic E-state index is 0.118. The Morgan fingerprint density at radius 3 is 3.07 bits per heavy atom. The van der Waals surface area contributed by atoms with Crippen molar-refractivity contribution < 1.29 is 14.3 Å². The molecule has 0 saturated carbocycles. The Bertz CT molecular complexity index is 796. The van der Waals surface area contributed by atoms with Gasteiger partial charge in [0.1, 0.15) is 23.4 Å². The van der Waals surface area contributed by atoms with Crippen LogP contribution in [0.25, 0.3) is 0 Å². The number of carbonyl (C=O) groups is 1. The number of carbonyl (C=O) groups excluding carboxylic acids is 1. The first-order valence-corrected chi connectivity index (χ1v) is 10.8. The zero-order valence-electron chi connectivity index (χ0n) is 16.3. The number of aromatic nitrogens is 1. The molecule has 0 bridgehead atoms. The summed E-state index contributed by atoms with van der Waals surface area (Å²) in [6.07, 6.45) is 4.95. The van der Waals surface area contributed by atoms with E-state index in [4.69, 9.17) is 9.47 Å². The third kappa shape index (κ3) is 4.54. The van der Waals surface area contributed by atoms with Crippen LogP contribution in [0.1, 0.15) is 35.4 Å². The van der Waals surface area contributed by atoms with E-state index in [2.05, 4.69) is 33.0 Å². The number of benzene rings is 1. The summed E-state index contributed by atoms with van der Waals surface area (Å²) in [5.74, 6) is 0.848. The molecule has 2 aliphatic heterocycles. The molecular weight excluding hydrogens is 374 g/mol. The van der Waals surface area contributed by atoms with E-state index >= 15 is 0 Å². The van der Waals surface area contributed by atoms with Crippen molar-refractivity contribution in [3.05, 3.63) is 45.9 Å². The number of ether oxygens (including phenoxy) is 2. The Kier molecular flexibility index (Phi) is 6.24. The standard InChI is InChI=1S/C21H27N3O3S/c1-26-21(25)18-4-2-3-8-24(18)13-16-5-6-19-17(12-16)14-23(9-10-27-19)15-20-22-7-11-28-20/h5-7,11-12,18H,2-4,8-10,13-15H2,1H3. The third-order valence-corrected chi connectivity index (χ3v) is 6.26. The number of esters is 1. The van der Waals surface area contributed by atoms with E-state index in [-0.39, 0.29) is 12.0 Å². The second-order valence-corrected chi connectivity index (χ2v) is 8.41. The van der Waals surface area contributed by atoms with E-state index < -0.39 is 0 Å². The van der Waals surface area contributed by atoms with Gasteiger partial charge in [0, 0.05) is 36.8 Å². The number of hydrogen-bond acceptors (Lipinski definition) is 7. The molecule has 1 fully saturated rings. The molecule has 3 heterocycles. The lowest BCUT2D eigenvalue weighted by atomic mass is 10.0. The first-order chi connectivity index (χ1) is 13.7. The van der Waals surface area contributed by atoms with Crippen LogP contribution in [0.5, 0.6) is 5.75 Å². The average Bonchev–Trinajstić information content (AvgIpc) is 3.14. The molecule has 7 heteroatoms. The number of piperidine rings is 1. The lowest BCUT2D eigenvalue weighted by Gasteiger charge is -2.33. The third-order valence-electron chi connectivity index (χ3n) is 5.50. The van der Waals surface area contributed by atoms with Gasteiger partial charge in [0.15, 0.2) is 0 Å². The van der Waals surface area contributed by atoms with Crippen LogP contribution >= 0.6 is 11.3 Å².